The molecule has 1 aliphatic rings. The van der Waals surface area contributed by atoms with Crippen LogP contribution in [-0.2, 0) is 23.7 Å². The van der Waals surface area contributed by atoms with Crippen molar-refractivity contribution in [1.29, 1.82) is 0 Å². The van der Waals surface area contributed by atoms with Gasteiger partial charge in [-0.05, 0) is 49.6 Å². The summed E-state index contributed by atoms with van der Waals surface area (Å²) in [4.78, 5) is 31.2. The first-order valence-electron chi connectivity index (χ1n) is 12.0. The largest absolute Gasteiger partial charge is 0.433 e. The number of aryl methyl sites for hydroxylation is 1. The fraction of sp³-hybridized carbons (Fsp3) is 0.346. The second-order valence-electron chi connectivity index (χ2n) is 9.35. The summed E-state index contributed by atoms with van der Waals surface area (Å²) in [6, 6.07) is 5.91. The Hall–Kier alpha value is -3.97. The van der Waals surface area contributed by atoms with Crippen LogP contribution in [0, 0.1) is 24.5 Å². The number of hydrogen-bond donors (Lipinski definition) is 2. The number of amides is 1. The molecule has 3 aromatic rings. The third-order valence-corrected chi connectivity index (χ3v) is 6.62. The predicted molar refractivity (Wildman–Crippen MR) is 128 cm³/mol. The summed E-state index contributed by atoms with van der Waals surface area (Å²) in [5.41, 5.74) is -5.42. The molecule has 40 heavy (non-hydrogen) atoms. The minimum Gasteiger partial charge on any atom is -0.371 e. The second kappa shape index (κ2) is 10.9. The van der Waals surface area contributed by atoms with E-state index in [0.29, 0.717) is 37.6 Å². The van der Waals surface area contributed by atoms with Gasteiger partial charge in [-0.2, -0.15) is 26.3 Å². The Morgan fingerprint density at radius 3 is 2.30 bits per heavy atom. The molecule has 0 unspecified atom stereocenters. The molecule has 214 valence electrons. The topological polar surface area (TPSA) is 78.1 Å². The molecule has 14 heteroatoms. The number of piperidine rings is 1. The van der Waals surface area contributed by atoms with E-state index < -0.39 is 70.3 Å². The zero-order valence-electron chi connectivity index (χ0n) is 20.8. The highest BCUT2D eigenvalue weighted by Crippen LogP contribution is 2.39. The summed E-state index contributed by atoms with van der Waals surface area (Å²) in [6.45, 7) is 2.01. The summed E-state index contributed by atoms with van der Waals surface area (Å²) >= 11 is 0. The Morgan fingerprint density at radius 1 is 1.02 bits per heavy atom. The average molecular weight is 574 g/mol. The lowest BCUT2D eigenvalue weighted by Crippen LogP contribution is -2.40. The molecular formula is C26H22F8N4O2. The average Bonchev–Trinajstić information content (AvgIpc) is 2.88. The van der Waals surface area contributed by atoms with Gasteiger partial charge in [-0.3, -0.25) is 9.59 Å². The molecule has 0 spiro atoms. The van der Waals surface area contributed by atoms with Gasteiger partial charge in [0.25, 0.3) is 5.56 Å². The smallest absolute Gasteiger partial charge is 0.371 e. The first kappa shape index (κ1) is 29.0. The molecule has 1 aliphatic heterocycles. The Labute approximate surface area is 222 Å². The Bertz CT molecular complexity index is 1470. The van der Waals surface area contributed by atoms with Crippen LogP contribution >= 0.6 is 0 Å². The number of nitrogens with one attached hydrogen (secondary N) is 2. The fourth-order valence-electron chi connectivity index (χ4n) is 4.50. The molecule has 2 heterocycles. The van der Waals surface area contributed by atoms with Gasteiger partial charge in [-0.25, -0.2) is 13.8 Å². The SMILES string of the molecule is Cc1cc(N2CCC(C(=O)NCc3ccc(C(F)(F)F)c(-c4nc(C(F)(F)F)cc(=O)[nH]4)c3F)CC2)ccc1F. The molecule has 4 rings (SSSR count). The molecule has 0 atom stereocenters. The summed E-state index contributed by atoms with van der Waals surface area (Å²) in [7, 11) is 0. The van der Waals surface area contributed by atoms with Gasteiger partial charge in [0, 0.05) is 42.9 Å². The van der Waals surface area contributed by atoms with E-state index in [-0.39, 0.29) is 11.9 Å². The molecule has 6 nitrogen and oxygen atoms in total. The summed E-state index contributed by atoms with van der Waals surface area (Å²) < 4.78 is 109. The molecule has 2 N–H and O–H groups in total. The van der Waals surface area contributed by atoms with Crippen LogP contribution in [0.15, 0.2) is 41.2 Å². The number of carbonyl (C=O) groups excluding carboxylic acids is 1. The lowest BCUT2D eigenvalue weighted by atomic mass is 9.95. The lowest BCUT2D eigenvalue weighted by Gasteiger charge is -2.33. The maximum atomic E-state index is 15.4. The third-order valence-electron chi connectivity index (χ3n) is 6.62. The number of aromatic amines is 1. The van der Waals surface area contributed by atoms with Crippen LogP contribution in [0.5, 0.6) is 0 Å². The minimum absolute atomic E-state index is 0.0429. The standard InChI is InChI=1S/C26H22F8N4O2/c1-13-10-16(3-5-18(13)27)38-8-6-14(7-9-38)24(40)35-12-15-2-4-17(25(29,30)31)21(22(15)28)23-36-19(26(32,33)34)11-20(39)37-23/h2-5,10-11,14H,6-9,12H2,1H3,(H,35,40)(H,36,37,39). The molecule has 2 aromatic carbocycles. The van der Waals surface area contributed by atoms with Crippen molar-refractivity contribution in [1.82, 2.24) is 15.3 Å². The van der Waals surface area contributed by atoms with Crippen LogP contribution in [0.2, 0.25) is 0 Å². The number of nitrogens with zero attached hydrogens (tertiary/aromatic N) is 2. The van der Waals surface area contributed by atoms with Crippen LogP contribution in [0.1, 0.15) is 35.2 Å². The molecule has 1 amide bonds. The highest BCUT2D eigenvalue weighted by molar-refractivity contribution is 5.79. The molecular weight excluding hydrogens is 552 g/mol. The Balaban J connectivity index is 1.53. The number of anilines is 1. The van der Waals surface area contributed by atoms with E-state index >= 15 is 4.39 Å². The van der Waals surface area contributed by atoms with E-state index in [2.05, 4.69) is 10.3 Å². The van der Waals surface area contributed by atoms with Gasteiger partial charge < -0.3 is 15.2 Å². The number of benzene rings is 2. The van der Waals surface area contributed by atoms with Gasteiger partial charge in [-0.15, -0.1) is 0 Å². The molecule has 0 aliphatic carbocycles. The lowest BCUT2D eigenvalue weighted by molar-refractivity contribution is -0.141. The first-order chi connectivity index (χ1) is 18.6. The van der Waals surface area contributed by atoms with Gasteiger partial charge in [0.2, 0.25) is 5.91 Å². The van der Waals surface area contributed by atoms with E-state index in [9.17, 15) is 40.3 Å². The molecule has 1 saturated heterocycles. The number of rotatable bonds is 5. The maximum Gasteiger partial charge on any atom is 0.433 e. The van der Waals surface area contributed by atoms with Crippen molar-refractivity contribution < 1.29 is 39.9 Å². The van der Waals surface area contributed by atoms with Gasteiger partial charge in [0.15, 0.2) is 5.69 Å². The number of aromatic nitrogens is 2. The van der Waals surface area contributed by atoms with Gasteiger partial charge >= 0.3 is 12.4 Å². The van der Waals surface area contributed by atoms with E-state index in [4.69, 9.17) is 0 Å². The van der Waals surface area contributed by atoms with Crippen LogP contribution in [-0.4, -0.2) is 29.0 Å². The van der Waals surface area contributed by atoms with Gasteiger partial charge in [0.05, 0.1) is 11.1 Å². The summed E-state index contributed by atoms with van der Waals surface area (Å²) in [6.07, 6.45) is -9.56. The minimum atomic E-state index is -5.19. The highest BCUT2D eigenvalue weighted by Gasteiger charge is 2.39. The maximum absolute atomic E-state index is 15.4. The summed E-state index contributed by atoms with van der Waals surface area (Å²) in [5, 5.41) is 2.46. The number of halogens is 8. The van der Waals surface area contributed by atoms with Crippen molar-refractivity contribution >= 4 is 11.6 Å². The monoisotopic (exact) mass is 574 g/mol. The number of H-pyrrole nitrogens is 1. The van der Waals surface area contributed by atoms with E-state index in [0.717, 1.165) is 11.8 Å². The van der Waals surface area contributed by atoms with Crippen molar-refractivity contribution in [2.75, 3.05) is 18.0 Å². The van der Waals surface area contributed by atoms with Crippen molar-refractivity contribution in [3.8, 4) is 11.4 Å². The molecule has 0 bridgehead atoms. The van der Waals surface area contributed by atoms with Crippen molar-refractivity contribution in [2.45, 2.75) is 38.7 Å². The summed E-state index contributed by atoms with van der Waals surface area (Å²) in [5.74, 6) is -4.15. The van der Waals surface area contributed by atoms with E-state index in [1.54, 1.807) is 24.0 Å². The normalized spacial score (nSPS) is 14.9. The van der Waals surface area contributed by atoms with Crippen LogP contribution < -0.4 is 15.8 Å². The Morgan fingerprint density at radius 2 is 1.70 bits per heavy atom. The number of carbonyl (C=O) groups is 1. The van der Waals surface area contributed by atoms with Crippen molar-refractivity contribution in [3.63, 3.8) is 0 Å². The highest BCUT2D eigenvalue weighted by atomic mass is 19.4. The van der Waals surface area contributed by atoms with Crippen molar-refractivity contribution in [3.05, 3.63) is 80.8 Å². The predicted octanol–water partition coefficient (Wildman–Crippen LogP) is 5.59. The van der Waals surface area contributed by atoms with E-state index in [1.165, 1.54) is 6.07 Å². The molecule has 1 fully saturated rings. The van der Waals surface area contributed by atoms with Crippen LogP contribution in [0.3, 0.4) is 0 Å². The fourth-order valence-corrected chi connectivity index (χ4v) is 4.50. The van der Waals surface area contributed by atoms with Crippen molar-refractivity contribution in [2.24, 2.45) is 5.92 Å². The third kappa shape index (κ3) is 6.26. The van der Waals surface area contributed by atoms with E-state index in [1.807, 2.05) is 4.90 Å². The number of hydrogen-bond acceptors (Lipinski definition) is 4. The molecule has 0 saturated carbocycles. The van der Waals surface area contributed by atoms with Gasteiger partial charge in [0.1, 0.15) is 17.5 Å². The second-order valence-corrected chi connectivity index (χ2v) is 9.35. The quantitative estimate of drug-likeness (QED) is 0.390. The molecule has 0 radical (unpaired) electrons. The van der Waals surface area contributed by atoms with Crippen LogP contribution in [0.4, 0.5) is 40.8 Å². The Kier molecular flexibility index (Phi) is 7.90. The zero-order valence-corrected chi connectivity index (χ0v) is 20.8. The zero-order chi connectivity index (χ0) is 29.4. The van der Waals surface area contributed by atoms with Gasteiger partial charge in [-0.1, -0.05) is 6.07 Å². The number of alkyl halides is 6. The molecule has 1 aromatic heterocycles. The van der Waals surface area contributed by atoms with Crippen LogP contribution in [0.25, 0.3) is 11.4 Å². The first-order valence-corrected chi connectivity index (χ1v) is 12.0.